The summed E-state index contributed by atoms with van der Waals surface area (Å²) in [6.07, 6.45) is 10.8. The molecule has 0 atom stereocenters. The predicted octanol–water partition coefficient (Wildman–Crippen LogP) is 4.54. The van der Waals surface area contributed by atoms with Crippen molar-refractivity contribution in [3.63, 3.8) is 0 Å². The molecule has 2 aliphatic rings. The number of carbonyl (C=O) groups is 1. The summed E-state index contributed by atoms with van der Waals surface area (Å²) in [5, 5.41) is 0. The van der Waals surface area contributed by atoms with Crippen LogP contribution in [0.2, 0.25) is 0 Å². The lowest BCUT2D eigenvalue weighted by Crippen LogP contribution is -2.43. The van der Waals surface area contributed by atoms with E-state index in [1.165, 1.54) is 25.7 Å². The Hall–Kier alpha value is -1.15. The standard InChI is InChI=1S/C18H30N2O2/c1-17(2,3)22-16(21)18(12-8-5-9-13-18)20-14-19-15-10-6-4-7-11-15/h15H,4-13H2,1-3H3. The van der Waals surface area contributed by atoms with Crippen molar-refractivity contribution in [1.82, 2.24) is 0 Å². The van der Waals surface area contributed by atoms with E-state index in [-0.39, 0.29) is 5.97 Å². The number of ether oxygens (including phenoxy) is 1. The number of rotatable bonds is 3. The zero-order chi connectivity index (χ0) is 16.1. The van der Waals surface area contributed by atoms with Crippen LogP contribution in [0.3, 0.4) is 0 Å². The Morgan fingerprint density at radius 2 is 1.64 bits per heavy atom. The lowest BCUT2D eigenvalue weighted by molar-refractivity contribution is -0.162. The van der Waals surface area contributed by atoms with Crippen molar-refractivity contribution in [2.45, 2.75) is 102 Å². The number of hydrogen-bond donors (Lipinski definition) is 0. The normalized spacial score (nSPS) is 22.5. The number of hydrogen-bond acceptors (Lipinski definition) is 4. The molecule has 2 saturated carbocycles. The molecule has 124 valence electrons. The fraction of sp³-hybridized carbons (Fsp3) is 0.889. The van der Waals surface area contributed by atoms with E-state index >= 15 is 0 Å². The third-order valence-electron chi connectivity index (χ3n) is 4.54. The average Bonchev–Trinajstić information content (AvgIpc) is 2.47. The van der Waals surface area contributed by atoms with Crippen LogP contribution >= 0.6 is 0 Å². The van der Waals surface area contributed by atoms with Crippen molar-refractivity contribution in [3.8, 4) is 0 Å². The summed E-state index contributed by atoms with van der Waals surface area (Å²) in [6.45, 7) is 5.71. The molecular weight excluding hydrogens is 276 g/mol. The molecule has 0 radical (unpaired) electrons. The van der Waals surface area contributed by atoms with E-state index in [9.17, 15) is 4.79 Å². The van der Waals surface area contributed by atoms with Crippen LogP contribution in [0, 0.1) is 0 Å². The van der Waals surface area contributed by atoms with E-state index in [0.29, 0.717) is 6.04 Å². The largest absolute Gasteiger partial charge is 0.458 e. The van der Waals surface area contributed by atoms with E-state index < -0.39 is 11.1 Å². The van der Waals surface area contributed by atoms with E-state index in [0.717, 1.165) is 38.5 Å². The second kappa shape index (κ2) is 7.41. The molecule has 0 aromatic rings. The predicted molar refractivity (Wildman–Crippen MR) is 88.4 cm³/mol. The summed E-state index contributed by atoms with van der Waals surface area (Å²) < 4.78 is 5.61. The average molecular weight is 306 g/mol. The SMILES string of the molecule is CC(C)(C)OC(=O)C1(N=C=NC2CCCCC2)CCCCC1. The molecule has 0 heterocycles. The van der Waals surface area contributed by atoms with E-state index in [1.54, 1.807) is 0 Å². The van der Waals surface area contributed by atoms with Crippen LogP contribution in [0.25, 0.3) is 0 Å². The molecule has 0 spiro atoms. The highest BCUT2D eigenvalue weighted by Gasteiger charge is 2.42. The zero-order valence-electron chi connectivity index (χ0n) is 14.4. The number of esters is 1. The molecule has 0 aliphatic heterocycles. The van der Waals surface area contributed by atoms with Crippen LogP contribution in [0.15, 0.2) is 9.98 Å². The molecular formula is C18H30N2O2. The first kappa shape index (κ1) is 17.2. The minimum atomic E-state index is -0.746. The van der Waals surface area contributed by atoms with Crippen molar-refractivity contribution in [2.24, 2.45) is 9.98 Å². The Labute approximate surface area is 134 Å². The van der Waals surface area contributed by atoms with Crippen LogP contribution in [0.5, 0.6) is 0 Å². The summed E-state index contributed by atoms with van der Waals surface area (Å²) in [5.74, 6) is -0.203. The third kappa shape index (κ3) is 4.95. The van der Waals surface area contributed by atoms with Gasteiger partial charge in [-0.1, -0.05) is 38.5 Å². The number of aliphatic imine (C=N–C) groups is 2. The second-order valence-electron chi connectivity index (χ2n) is 7.73. The first-order chi connectivity index (χ1) is 10.4. The molecule has 0 N–H and O–H groups in total. The summed E-state index contributed by atoms with van der Waals surface area (Å²) in [6, 6.07) is 3.23. The molecule has 0 saturated heterocycles. The van der Waals surface area contributed by atoms with Crippen LogP contribution < -0.4 is 0 Å². The minimum Gasteiger partial charge on any atom is -0.458 e. The van der Waals surface area contributed by atoms with Gasteiger partial charge in [0.05, 0.1) is 12.1 Å². The highest BCUT2D eigenvalue weighted by molar-refractivity contribution is 5.82. The Morgan fingerprint density at radius 3 is 2.23 bits per heavy atom. The van der Waals surface area contributed by atoms with E-state index in [1.807, 2.05) is 20.8 Å². The maximum absolute atomic E-state index is 12.6. The Morgan fingerprint density at radius 1 is 1.05 bits per heavy atom. The molecule has 2 fully saturated rings. The highest BCUT2D eigenvalue weighted by atomic mass is 16.6. The maximum Gasteiger partial charge on any atom is 0.335 e. The minimum absolute atomic E-state index is 0.203. The van der Waals surface area contributed by atoms with Gasteiger partial charge in [0.2, 0.25) is 0 Å². The van der Waals surface area contributed by atoms with Gasteiger partial charge in [-0.15, -0.1) is 0 Å². The molecule has 4 nitrogen and oxygen atoms in total. The van der Waals surface area contributed by atoms with Crippen LogP contribution in [-0.4, -0.2) is 29.2 Å². The summed E-state index contributed by atoms with van der Waals surface area (Å²) in [5.41, 5.74) is -1.22. The van der Waals surface area contributed by atoms with Gasteiger partial charge in [-0.3, -0.25) is 0 Å². The van der Waals surface area contributed by atoms with Gasteiger partial charge >= 0.3 is 5.97 Å². The summed E-state index contributed by atoms with van der Waals surface area (Å²) in [7, 11) is 0. The highest BCUT2D eigenvalue weighted by Crippen LogP contribution is 2.34. The number of nitrogens with zero attached hydrogens (tertiary/aromatic N) is 2. The van der Waals surface area contributed by atoms with Crippen molar-refractivity contribution < 1.29 is 9.53 Å². The van der Waals surface area contributed by atoms with Gasteiger partial charge in [-0.05, 0) is 46.5 Å². The van der Waals surface area contributed by atoms with Gasteiger partial charge in [0.25, 0.3) is 0 Å². The van der Waals surface area contributed by atoms with Gasteiger partial charge in [0.1, 0.15) is 5.60 Å². The molecule has 0 bridgehead atoms. The Bertz CT molecular complexity index is 432. The Balaban J connectivity index is 2.10. The van der Waals surface area contributed by atoms with Crippen LogP contribution in [-0.2, 0) is 9.53 Å². The molecule has 4 heteroatoms. The lowest BCUT2D eigenvalue weighted by Gasteiger charge is -2.33. The molecule has 0 aromatic carbocycles. The van der Waals surface area contributed by atoms with E-state index in [2.05, 4.69) is 16.0 Å². The molecule has 2 rings (SSSR count). The smallest absolute Gasteiger partial charge is 0.335 e. The fourth-order valence-corrected chi connectivity index (χ4v) is 3.29. The van der Waals surface area contributed by atoms with Gasteiger partial charge < -0.3 is 4.74 Å². The molecule has 2 aliphatic carbocycles. The Kier molecular flexibility index (Phi) is 5.80. The number of carbonyl (C=O) groups excluding carboxylic acids is 1. The zero-order valence-corrected chi connectivity index (χ0v) is 14.4. The van der Waals surface area contributed by atoms with Gasteiger partial charge in [-0.2, -0.15) is 0 Å². The van der Waals surface area contributed by atoms with Gasteiger partial charge in [-0.25, -0.2) is 14.8 Å². The molecule has 22 heavy (non-hydrogen) atoms. The quantitative estimate of drug-likeness (QED) is 0.568. The van der Waals surface area contributed by atoms with E-state index in [4.69, 9.17) is 4.74 Å². The van der Waals surface area contributed by atoms with Crippen molar-refractivity contribution in [3.05, 3.63) is 0 Å². The topological polar surface area (TPSA) is 51.0 Å². The first-order valence-electron chi connectivity index (χ1n) is 8.81. The summed E-state index contributed by atoms with van der Waals surface area (Å²) >= 11 is 0. The molecule has 0 aromatic heterocycles. The third-order valence-corrected chi connectivity index (χ3v) is 4.54. The van der Waals surface area contributed by atoms with Gasteiger partial charge in [0, 0.05) is 0 Å². The lowest BCUT2D eigenvalue weighted by atomic mass is 9.82. The van der Waals surface area contributed by atoms with Gasteiger partial charge in [0.15, 0.2) is 5.54 Å². The fourth-order valence-electron chi connectivity index (χ4n) is 3.29. The molecule has 0 amide bonds. The first-order valence-corrected chi connectivity index (χ1v) is 8.81. The maximum atomic E-state index is 12.6. The van der Waals surface area contributed by atoms with Crippen molar-refractivity contribution in [1.29, 1.82) is 0 Å². The van der Waals surface area contributed by atoms with Crippen LogP contribution in [0.1, 0.15) is 85.0 Å². The van der Waals surface area contributed by atoms with Crippen molar-refractivity contribution in [2.75, 3.05) is 0 Å². The summed E-state index contributed by atoms with van der Waals surface area (Å²) in [4.78, 5) is 21.6. The monoisotopic (exact) mass is 306 g/mol. The van der Waals surface area contributed by atoms with Crippen molar-refractivity contribution >= 4 is 12.0 Å². The molecule has 0 unspecified atom stereocenters. The second-order valence-corrected chi connectivity index (χ2v) is 7.73. The van der Waals surface area contributed by atoms with Crippen LogP contribution in [0.4, 0.5) is 0 Å².